The van der Waals surface area contributed by atoms with Crippen LogP contribution in [0.4, 0.5) is 4.39 Å². The van der Waals surface area contributed by atoms with Gasteiger partial charge in [0.15, 0.2) is 0 Å². The van der Waals surface area contributed by atoms with E-state index in [-0.39, 0.29) is 5.75 Å². The van der Waals surface area contributed by atoms with E-state index in [0.29, 0.717) is 0 Å². The predicted octanol–water partition coefficient (Wildman–Crippen LogP) is 1.76. The van der Waals surface area contributed by atoms with Gasteiger partial charge < -0.3 is 4.74 Å². The Labute approximate surface area is 79.5 Å². The summed E-state index contributed by atoms with van der Waals surface area (Å²) >= 11 is 0. The van der Waals surface area contributed by atoms with Crippen LogP contribution in [0.3, 0.4) is 0 Å². The first-order chi connectivity index (χ1) is 5.95. The Balaban J connectivity index is 3.29. The van der Waals surface area contributed by atoms with Gasteiger partial charge in [0, 0.05) is 16.7 Å². The first-order valence-corrected chi connectivity index (χ1v) is 5.54. The highest BCUT2D eigenvalue weighted by Gasteiger charge is 2.16. The average molecular weight is 225 g/mol. The van der Waals surface area contributed by atoms with Gasteiger partial charge in [0.1, 0.15) is 16.5 Å². The minimum atomic E-state index is -4.02. The highest BCUT2D eigenvalue weighted by molar-refractivity contribution is 8.13. The van der Waals surface area contributed by atoms with Crippen molar-refractivity contribution in [2.45, 2.75) is 4.90 Å². The van der Waals surface area contributed by atoms with Crippen LogP contribution < -0.4 is 4.74 Å². The number of ether oxygens (including phenoxy) is 1. The molecule has 13 heavy (non-hydrogen) atoms. The molecule has 0 spiro atoms. The number of benzene rings is 1. The zero-order chi connectivity index (χ0) is 10.1. The van der Waals surface area contributed by atoms with Crippen LogP contribution in [0.5, 0.6) is 5.75 Å². The van der Waals surface area contributed by atoms with Crippen molar-refractivity contribution in [1.29, 1.82) is 0 Å². The summed E-state index contributed by atoms with van der Waals surface area (Å²) in [5.41, 5.74) is 0. The van der Waals surface area contributed by atoms with Gasteiger partial charge in [-0.1, -0.05) is 0 Å². The second kappa shape index (κ2) is 3.51. The van der Waals surface area contributed by atoms with Crippen LogP contribution in [0, 0.1) is 5.82 Å². The second-order valence-corrected chi connectivity index (χ2v) is 4.77. The van der Waals surface area contributed by atoms with E-state index in [1.807, 2.05) is 0 Å². The molecular weight excluding hydrogens is 219 g/mol. The summed E-state index contributed by atoms with van der Waals surface area (Å²) < 4.78 is 39.2. The molecule has 0 amide bonds. The topological polar surface area (TPSA) is 43.4 Å². The van der Waals surface area contributed by atoms with Crippen LogP contribution in [-0.2, 0) is 9.05 Å². The molecule has 1 aromatic rings. The maximum atomic E-state index is 13.0. The van der Waals surface area contributed by atoms with Crippen molar-refractivity contribution in [3.05, 3.63) is 24.0 Å². The molecule has 0 aromatic heterocycles. The van der Waals surface area contributed by atoms with E-state index in [1.54, 1.807) is 0 Å². The number of rotatable bonds is 2. The van der Waals surface area contributed by atoms with Crippen molar-refractivity contribution in [3.63, 3.8) is 0 Å². The van der Waals surface area contributed by atoms with Gasteiger partial charge in [-0.3, -0.25) is 0 Å². The lowest BCUT2D eigenvalue weighted by Gasteiger charge is -2.01. The third-order valence-electron chi connectivity index (χ3n) is 1.40. The maximum absolute atomic E-state index is 13.0. The summed E-state index contributed by atoms with van der Waals surface area (Å²) in [6.45, 7) is 0. The summed E-state index contributed by atoms with van der Waals surface area (Å²) in [5, 5.41) is 0. The number of hydrogen-bond acceptors (Lipinski definition) is 3. The van der Waals surface area contributed by atoms with Crippen molar-refractivity contribution in [2.24, 2.45) is 0 Å². The summed E-state index contributed by atoms with van der Waals surface area (Å²) in [5.74, 6) is -0.684. The summed E-state index contributed by atoms with van der Waals surface area (Å²) in [6, 6.07) is 3.32. The minimum absolute atomic E-state index is 0.238. The fraction of sp³-hybridized carbons (Fsp3) is 0.143. The van der Waals surface area contributed by atoms with E-state index in [1.165, 1.54) is 13.2 Å². The third kappa shape index (κ3) is 2.32. The lowest BCUT2D eigenvalue weighted by Crippen LogP contribution is -1.95. The van der Waals surface area contributed by atoms with Gasteiger partial charge in [-0.25, -0.2) is 12.8 Å². The monoisotopic (exact) mass is 224 g/mol. The van der Waals surface area contributed by atoms with Gasteiger partial charge in [0.25, 0.3) is 9.05 Å². The number of hydrogen-bond donors (Lipinski definition) is 0. The fourth-order valence-corrected chi connectivity index (χ4v) is 1.70. The maximum Gasteiger partial charge on any atom is 0.264 e. The van der Waals surface area contributed by atoms with Crippen LogP contribution in [0.15, 0.2) is 23.1 Å². The predicted molar refractivity (Wildman–Crippen MR) is 46.0 cm³/mol. The first kappa shape index (κ1) is 10.3. The number of methoxy groups -OCH3 is 1. The standard InChI is InChI=1S/C7H6ClFO3S/c1-12-5-2-3-7(6(9)4-5)13(8,10)11/h2-4H,1H3. The van der Waals surface area contributed by atoms with E-state index in [4.69, 9.17) is 10.7 Å². The molecule has 0 bridgehead atoms. The highest BCUT2D eigenvalue weighted by Crippen LogP contribution is 2.22. The molecule has 6 heteroatoms. The Bertz CT molecular complexity index is 416. The molecule has 0 N–H and O–H groups in total. The molecule has 0 aliphatic rings. The van der Waals surface area contributed by atoms with Gasteiger partial charge in [-0.2, -0.15) is 0 Å². The van der Waals surface area contributed by atoms with Gasteiger partial charge >= 0.3 is 0 Å². The van der Waals surface area contributed by atoms with Crippen molar-refractivity contribution < 1.29 is 17.5 Å². The molecule has 0 fully saturated rings. The Morgan fingerprint density at radius 3 is 2.46 bits per heavy atom. The Morgan fingerprint density at radius 1 is 1.46 bits per heavy atom. The summed E-state index contributed by atoms with van der Waals surface area (Å²) in [4.78, 5) is -0.546. The van der Waals surface area contributed by atoms with Crippen LogP contribution >= 0.6 is 10.7 Å². The minimum Gasteiger partial charge on any atom is -0.497 e. The largest absolute Gasteiger partial charge is 0.497 e. The van der Waals surface area contributed by atoms with Crippen molar-refractivity contribution >= 4 is 19.7 Å². The normalized spacial score (nSPS) is 11.3. The van der Waals surface area contributed by atoms with E-state index in [2.05, 4.69) is 4.74 Å². The molecule has 0 heterocycles. The summed E-state index contributed by atoms with van der Waals surface area (Å²) in [7, 11) is 2.28. The zero-order valence-corrected chi connectivity index (χ0v) is 8.19. The average Bonchev–Trinajstić information content (AvgIpc) is 2.01. The molecule has 0 unspecified atom stereocenters. The van der Waals surface area contributed by atoms with Crippen molar-refractivity contribution in [3.8, 4) is 5.75 Å². The fourth-order valence-electron chi connectivity index (χ4n) is 0.806. The van der Waals surface area contributed by atoms with Crippen LogP contribution in [0.1, 0.15) is 0 Å². The van der Waals surface area contributed by atoms with Gasteiger partial charge in [-0.05, 0) is 12.1 Å². The van der Waals surface area contributed by atoms with Crippen LogP contribution in [0.2, 0.25) is 0 Å². The van der Waals surface area contributed by atoms with Gasteiger partial charge in [-0.15, -0.1) is 0 Å². The van der Waals surface area contributed by atoms with Gasteiger partial charge in [0.2, 0.25) is 0 Å². The molecular formula is C7H6ClFO3S. The van der Waals surface area contributed by atoms with E-state index < -0.39 is 19.8 Å². The molecule has 0 aliphatic carbocycles. The lowest BCUT2D eigenvalue weighted by atomic mass is 10.3. The summed E-state index contributed by atoms with van der Waals surface area (Å²) in [6.07, 6.45) is 0. The smallest absolute Gasteiger partial charge is 0.264 e. The van der Waals surface area contributed by atoms with Crippen LogP contribution in [-0.4, -0.2) is 15.5 Å². The molecule has 1 aromatic carbocycles. The van der Waals surface area contributed by atoms with E-state index in [0.717, 1.165) is 12.1 Å². The van der Waals surface area contributed by atoms with E-state index in [9.17, 15) is 12.8 Å². The molecule has 3 nitrogen and oxygen atoms in total. The third-order valence-corrected chi connectivity index (χ3v) is 2.76. The van der Waals surface area contributed by atoms with Crippen molar-refractivity contribution in [2.75, 3.05) is 7.11 Å². The Hall–Kier alpha value is -0.810. The van der Waals surface area contributed by atoms with E-state index >= 15 is 0 Å². The quantitative estimate of drug-likeness (QED) is 0.719. The van der Waals surface area contributed by atoms with Crippen molar-refractivity contribution in [1.82, 2.24) is 0 Å². The Morgan fingerprint density at radius 2 is 2.08 bits per heavy atom. The Kier molecular flexibility index (Phi) is 2.77. The molecule has 1 rings (SSSR count). The second-order valence-electron chi connectivity index (χ2n) is 2.23. The molecule has 0 saturated heterocycles. The number of halogens is 2. The molecule has 0 aliphatic heterocycles. The SMILES string of the molecule is COc1ccc(S(=O)(=O)Cl)c(F)c1. The highest BCUT2D eigenvalue weighted by atomic mass is 35.7. The molecule has 0 atom stereocenters. The molecule has 72 valence electrons. The lowest BCUT2D eigenvalue weighted by molar-refractivity contribution is 0.410. The molecule has 0 radical (unpaired) electrons. The molecule has 0 saturated carbocycles. The zero-order valence-electron chi connectivity index (χ0n) is 6.62. The van der Waals surface area contributed by atoms with Gasteiger partial charge in [0.05, 0.1) is 7.11 Å². The van der Waals surface area contributed by atoms with Crippen LogP contribution in [0.25, 0.3) is 0 Å². The first-order valence-electron chi connectivity index (χ1n) is 3.23.